The highest BCUT2D eigenvalue weighted by Crippen LogP contribution is 2.32. The van der Waals surface area contributed by atoms with Crippen molar-refractivity contribution in [3.05, 3.63) is 54.1 Å². The van der Waals surface area contributed by atoms with Gasteiger partial charge in [-0.15, -0.1) is 0 Å². The largest absolute Gasteiger partial charge is 0.479 e. The van der Waals surface area contributed by atoms with Gasteiger partial charge in [-0.1, -0.05) is 18.2 Å². The van der Waals surface area contributed by atoms with Crippen LogP contribution >= 0.6 is 0 Å². The molecule has 0 bridgehead atoms. The minimum absolute atomic E-state index is 0.0367. The molecule has 0 aliphatic carbocycles. The average Bonchev–Trinajstić information content (AvgIpc) is 2.83. The quantitative estimate of drug-likeness (QED) is 0.659. The highest BCUT2D eigenvalue weighted by atomic mass is 32.2. The summed E-state index contributed by atoms with van der Waals surface area (Å²) in [6.45, 7) is 2.11. The Bertz CT molecular complexity index is 1180. The van der Waals surface area contributed by atoms with Crippen LogP contribution in [0.5, 0.6) is 5.75 Å². The van der Waals surface area contributed by atoms with Crippen LogP contribution in [0, 0.1) is 0 Å². The molecule has 1 atom stereocenters. The molecule has 4 rings (SSSR count). The molecule has 2 heterocycles. The molecule has 1 saturated heterocycles. The number of carbonyl (C=O) groups excluding carboxylic acids is 3. The number of carbonyl (C=O) groups is 3. The van der Waals surface area contributed by atoms with E-state index in [0.29, 0.717) is 17.0 Å². The lowest BCUT2D eigenvalue weighted by molar-refractivity contribution is -0.131. The van der Waals surface area contributed by atoms with E-state index in [2.05, 4.69) is 10.6 Å². The standard InChI is InChI=1S/C22H24N4O6S/c1-15-21(28)24-18-13-17(7-8-19(18)32-15)33(30,31)26-11-9-25(10-12-26)20(27)14-23-22(29)16-5-3-2-4-6-16/h2-8,13,15H,9-12,14H2,1H3,(H,23,29)(H,24,28)/t15-/m0/s1. The topological polar surface area (TPSA) is 125 Å². The lowest BCUT2D eigenvalue weighted by Gasteiger charge is -2.34. The zero-order valence-corrected chi connectivity index (χ0v) is 18.8. The van der Waals surface area contributed by atoms with E-state index in [9.17, 15) is 22.8 Å². The third kappa shape index (κ3) is 4.83. The van der Waals surface area contributed by atoms with Gasteiger partial charge in [0.2, 0.25) is 15.9 Å². The molecule has 10 nitrogen and oxygen atoms in total. The van der Waals surface area contributed by atoms with Crippen LogP contribution < -0.4 is 15.4 Å². The fourth-order valence-electron chi connectivity index (χ4n) is 3.63. The summed E-state index contributed by atoms with van der Waals surface area (Å²) in [6, 6.07) is 12.9. The van der Waals surface area contributed by atoms with Crippen molar-refractivity contribution in [3.8, 4) is 5.75 Å². The van der Waals surface area contributed by atoms with E-state index < -0.39 is 16.1 Å². The first-order valence-corrected chi connectivity index (χ1v) is 11.9. The third-order valence-electron chi connectivity index (χ3n) is 5.55. The van der Waals surface area contributed by atoms with Crippen LogP contribution in [0.4, 0.5) is 5.69 Å². The van der Waals surface area contributed by atoms with Gasteiger partial charge in [-0.05, 0) is 37.3 Å². The number of anilines is 1. The van der Waals surface area contributed by atoms with Gasteiger partial charge in [0, 0.05) is 31.7 Å². The van der Waals surface area contributed by atoms with Crippen LogP contribution in [0.25, 0.3) is 0 Å². The van der Waals surface area contributed by atoms with E-state index in [4.69, 9.17) is 4.74 Å². The van der Waals surface area contributed by atoms with E-state index in [1.165, 1.54) is 27.4 Å². The SMILES string of the molecule is C[C@@H]1Oc2ccc(S(=O)(=O)N3CCN(C(=O)CNC(=O)c4ccccc4)CC3)cc2NC1=O. The molecular formula is C22H24N4O6S. The highest BCUT2D eigenvalue weighted by molar-refractivity contribution is 7.89. The van der Waals surface area contributed by atoms with E-state index in [-0.39, 0.29) is 55.3 Å². The highest BCUT2D eigenvalue weighted by Gasteiger charge is 2.32. The van der Waals surface area contributed by atoms with Gasteiger partial charge in [-0.3, -0.25) is 14.4 Å². The minimum atomic E-state index is -3.82. The molecule has 0 spiro atoms. The van der Waals surface area contributed by atoms with Gasteiger partial charge in [0.1, 0.15) is 5.75 Å². The maximum Gasteiger partial charge on any atom is 0.265 e. The van der Waals surface area contributed by atoms with Gasteiger partial charge in [-0.2, -0.15) is 4.31 Å². The predicted octanol–water partition coefficient (Wildman–Crippen LogP) is 0.669. The fourth-order valence-corrected chi connectivity index (χ4v) is 5.08. The van der Waals surface area contributed by atoms with Gasteiger partial charge in [0.25, 0.3) is 11.8 Å². The maximum absolute atomic E-state index is 13.1. The van der Waals surface area contributed by atoms with Crippen molar-refractivity contribution >= 4 is 33.4 Å². The van der Waals surface area contributed by atoms with Gasteiger partial charge < -0.3 is 20.3 Å². The Kier molecular flexibility index (Phi) is 6.34. The van der Waals surface area contributed by atoms with Gasteiger partial charge in [0.05, 0.1) is 17.1 Å². The molecule has 2 N–H and O–H groups in total. The van der Waals surface area contributed by atoms with Crippen molar-refractivity contribution in [2.75, 3.05) is 38.0 Å². The molecule has 2 aromatic carbocycles. The van der Waals surface area contributed by atoms with E-state index in [1.807, 2.05) is 0 Å². The first-order chi connectivity index (χ1) is 15.8. The van der Waals surface area contributed by atoms with Crippen LogP contribution in [0.2, 0.25) is 0 Å². The summed E-state index contributed by atoms with van der Waals surface area (Å²) >= 11 is 0. The molecule has 0 saturated carbocycles. The van der Waals surface area contributed by atoms with Crippen LogP contribution in [-0.4, -0.2) is 74.2 Å². The molecule has 0 aromatic heterocycles. The van der Waals surface area contributed by atoms with Crippen molar-refractivity contribution < 1.29 is 27.5 Å². The van der Waals surface area contributed by atoms with Crippen LogP contribution in [-0.2, 0) is 19.6 Å². The average molecular weight is 473 g/mol. The van der Waals surface area contributed by atoms with Crippen molar-refractivity contribution in [1.29, 1.82) is 0 Å². The number of ether oxygens (including phenoxy) is 1. The van der Waals surface area contributed by atoms with E-state index >= 15 is 0 Å². The number of nitrogens with one attached hydrogen (secondary N) is 2. The maximum atomic E-state index is 13.1. The van der Waals surface area contributed by atoms with Gasteiger partial charge >= 0.3 is 0 Å². The number of benzene rings is 2. The smallest absolute Gasteiger partial charge is 0.265 e. The van der Waals surface area contributed by atoms with E-state index in [1.54, 1.807) is 37.3 Å². The predicted molar refractivity (Wildman–Crippen MR) is 119 cm³/mol. The molecule has 2 aliphatic heterocycles. The third-order valence-corrected chi connectivity index (χ3v) is 7.44. The molecule has 3 amide bonds. The summed E-state index contributed by atoms with van der Waals surface area (Å²) in [4.78, 5) is 38.0. The van der Waals surface area contributed by atoms with E-state index in [0.717, 1.165) is 0 Å². The molecule has 0 unspecified atom stereocenters. The van der Waals surface area contributed by atoms with Crippen molar-refractivity contribution in [3.63, 3.8) is 0 Å². The number of rotatable bonds is 5. The lowest BCUT2D eigenvalue weighted by atomic mass is 10.2. The second-order valence-electron chi connectivity index (χ2n) is 7.74. The first-order valence-electron chi connectivity index (χ1n) is 10.5. The number of fused-ring (bicyclic) bond motifs is 1. The van der Waals surface area contributed by atoms with Crippen LogP contribution in [0.1, 0.15) is 17.3 Å². The fraction of sp³-hybridized carbons (Fsp3) is 0.318. The normalized spacial score (nSPS) is 18.6. The zero-order valence-electron chi connectivity index (χ0n) is 18.0. The van der Waals surface area contributed by atoms with Crippen LogP contribution in [0.15, 0.2) is 53.4 Å². The Morgan fingerprint density at radius 3 is 2.48 bits per heavy atom. The second-order valence-corrected chi connectivity index (χ2v) is 9.68. The summed E-state index contributed by atoms with van der Waals surface area (Å²) in [7, 11) is -3.82. The summed E-state index contributed by atoms with van der Waals surface area (Å²) < 4.78 is 32.9. The lowest BCUT2D eigenvalue weighted by Crippen LogP contribution is -2.52. The first kappa shape index (κ1) is 22.7. The number of hydrogen-bond donors (Lipinski definition) is 2. The summed E-state index contributed by atoms with van der Waals surface area (Å²) in [5.41, 5.74) is 0.768. The molecule has 33 heavy (non-hydrogen) atoms. The Morgan fingerprint density at radius 1 is 1.09 bits per heavy atom. The number of sulfonamides is 1. The second kappa shape index (κ2) is 9.20. The minimum Gasteiger partial charge on any atom is -0.479 e. The molecule has 11 heteroatoms. The molecule has 2 aromatic rings. The Morgan fingerprint density at radius 2 is 1.79 bits per heavy atom. The Hall–Kier alpha value is -3.44. The van der Waals surface area contributed by atoms with Gasteiger partial charge in [0.15, 0.2) is 6.10 Å². The summed E-state index contributed by atoms with van der Waals surface area (Å²) in [5.74, 6) is -0.556. The molecule has 0 radical (unpaired) electrons. The van der Waals surface area contributed by atoms with Crippen molar-refractivity contribution in [2.24, 2.45) is 0 Å². The molecule has 174 valence electrons. The van der Waals surface area contributed by atoms with Crippen molar-refractivity contribution in [1.82, 2.24) is 14.5 Å². The Balaban J connectivity index is 1.34. The molecular weight excluding hydrogens is 448 g/mol. The molecule has 1 fully saturated rings. The molecule has 2 aliphatic rings. The number of piperazine rings is 1. The zero-order chi connectivity index (χ0) is 23.6. The Labute approximate surface area is 191 Å². The van der Waals surface area contributed by atoms with Crippen LogP contribution in [0.3, 0.4) is 0 Å². The summed E-state index contributed by atoms with van der Waals surface area (Å²) in [6.07, 6.45) is -0.650. The number of nitrogens with zero attached hydrogens (tertiary/aromatic N) is 2. The van der Waals surface area contributed by atoms with Gasteiger partial charge in [-0.25, -0.2) is 8.42 Å². The monoisotopic (exact) mass is 472 g/mol. The number of amides is 3. The van der Waals surface area contributed by atoms with Crippen molar-refractivity contribution in [2.45, 2.75) is 17.9 Å². The number of hydrogen-bond acceptors (Lipinski definition) is 6. The summed E-state index contributed by atoms with van der Waals surface area (Å²) in [5, 5.41) is 5.24.